The lowest BCUT2D eigenvalue weighted by molar-refractivity contribution is 0.153. The molecule has 1 aromatic carbocycles. The summed E-state index contributed by atoms with van der Waals surface area (Å²) in [5.74, 6) is 0. The smallest absolute Gasteiger partial charge is 0.0905 e. The maximum Gasteiger partial charge on any atom is 0.0905 e. The van der Waals surface area contributed by atoms with Crippen LogP contribution in [0.25, 0.3) is 10.8 Å². The van der Waals surface area contributed by atoms with Crippen molar-refractivity contribution in [1.82, 2.24) is 10.2 Å². The first-order valence-corrected chi connectivity index (χ1v) is 4.72. The second-order valence-electron chi connectivity index (χ2n) is 3.83. The Labute approximate surface area is 81.4 Å². The molecule has 0 radical (unpaired) electrons. The van der Waals surface area contributed by atoms with E-state index in [-0.39, 0.29) is 0 Å². The Morgan fingerprint density at radius 3 is 2.71 bits per heavy atom. The van der Waals surface area contributed by atoms with Crippen molar-refractivity contribution in [2.75, 3.05) is 0 Å². The first-order valence-electron chi connectivity index (χ1n) is 4.72. The molecule has 0 atom stereocenters. The summed E-state index contributed by atoms with van der Waals surface area (Å²) in [5.41, 5.74) is 0.396. The summed E-state index contributed by atoms with van der Waals surface area (Å²) in [7, 11) is 0. The third-order valence-corrected chi connectivity index (χ3v) is 2.82. The molecule has 0 amide bonds. The number of hydrogen-bond acceptors (Lipinski definition) is 3. The van der Waals surface area contributed by atoms with Crippen molar-refractivity contribution in [2.45, 2.75) is 18.4 Å². The van der Waals surface area contributed by atoms with Crippen LogP contribution in [0.4, 0.5) is 0 Å². The number of aliphatic hydroxyl groups is 1. The molecule has 14 heavy (non-hydrogen) atoms. The van der Waals surface area contributed by atoms with Crippen molar-refractivity contribution in [2.24, 2.45) is 0 Å². The van der Waals surface area contributed by atoms with Crippen LogP contribution in [0.15, 0.2) is 30.6 Å². The average molecular weight is 186 g/mol. The summed E-state index contributed by atoms with van der Waals surface area (Å²) in [5, 5.41) is 19.8. The molecule has 1 heterocycles. The number of nitrogens with zero attached hydrogens (tertiary/aromatic N) is 2. The summed E-state index contributed by atoms with van der Waals surface area (Å²) >= 11 is 0. The van der Waals surface area contributed by atoms with E-state index in [1.807, 2.05) is 18.2 Å². The van der Waals surface area contributed by atoms with Crippen LogP contribution in [-0.2, 0) is 5.60 Å². The fourth-order valence-corrected chi connectivity index (χ4v) is 1.82. The molecule has 1 N–H and O–H groups in total. The fourth-order valence-electron chi connectivity index (χ4n) is 1.82. The zero-order valence-electron chi connectivity index (χ0n) is 7.64. The van der Waals surface area contributed by atoms with Gasteiger partial charge in [-0.05, 0) is 18.4 Å². The Morgan fingerprint density at radius 2 is 1.93 bits per heavy atom. The number of aromatic nitrogens is 2. The number of fused-ring (bicyclic) bond motifs is 1. The highest BCUT2D eigenvalue weighted by molar-refractivity contribution is 5.85. The molecular formula is C11H10N2O. The van der Waals surface area contributed by atoms with Crippen molar-refractivity contribution < 1.29 is 5.11 Å². The summed E-state index contributed by atoms with van der Waals surface area (Å²) in [4.78, 5) is 0. The minimum absolute atomic E-state index is 0.595. The van der Waals surface area contributed by atoms with Crippen LogP contribution in [0, 0.1) is 0 Å². The predicted molar refractivity (Wildman–Crippen MR) is 52.7 cm³/mol. The van der Waals surface area contributed by atoms with Crippen LogP contribution in [0.5, 0.6) is 0 Å². The van der Waals surface area contributed by atoms with Crippen LogP contribution < -0.4 is 0 Å². The van der Waals surface area contributed by atoms with Crippen LogP contribution in [0.2, 0.25) is 0 Å². The number of benzene rings is 1. The standard InChI is InChI=1S/C11H10N2O/c14-11(4-5-11)10-3-1-2-8-6-12-13-7-9(8)10/h1-3,6-7,14H,4-5H2. The highest BCUT2D eigenvalue weighted by Gasteiger charge is 2.43. The van der Waals surface area contributed by atoms with E-state index in [1.54, 1.807) is 12.4 Å². The molecule has 3 rings (SSSR count). The van der Waals surface area contributed by atoms with Gasteiger partial charge in [-0.3, -0.25) is 0 Å². The molecule has 1 saturated carbocycles. The first kappa shape index (κ1) is 7.88. The van der Waals surface area contributed by atoms with E-state index in [1.165, 1.54) is 0 Å². The molecule has 1 aromatic heterocycles. The second kappa shape index (κ2) is 2.51. The van der Waals surface area contributed by atoms with E-state index in [0.29, 0.717) is 0 Å². The Hall–Kier alpha value is -1.48. The number of hydrogen-bond donors (Lipinski definition) is 1. The van der Waals surface area contributed by atoms with E-state index >= 15 is 0 Å². The molecule has 2 aromatic rings. The zero-order valence-corrected chi connectivity index (χ0v) is 7.64. The zero-order chi connectivity index (χ0) is 9.60. The van der Waals surface area contributed by atoms with Crippen molar-refractivity contribution in [3.63, 3.8) is 0 Å². The summed E-state index contributed by atoms with van der Waals surface area (Å²) in [6.07, 6.45) is 5.16. The average Bonchev–Trinajstić information content (AvgIpc) is 2.97. The molecule has 0 unspecified atom stereocenters. The highest BCUT2D eigenvalue weighted by atomic mass is 16.3. The molecule has 1 aliphatic rings. The van der Waals surface area contributed by atoms with E-state index in [9.17, 15) is 5.11 Å². The lowest BCUT2D eigenvalue weighted by Gasteiger charge is -2.10. The molecular weight excluding hydrogens is 176 g/mol. The maximum atomic E-state index is 10.0. The molecule has 70 valence electrons. The third kappa shape index (κ3) is 1.02. The molecule has 0 aliphatic heterocycles. The summed E-state index contributed by atoms with van der Waals surface area (Å²) < 4.78 is 0. The van der Waals surface area contributed by atoms with E-state index < -0.39 is 5.60 Å². The Bertz CT molecular complexity index is 486. The SMILES string of the molecule is OC1(c2cccc3cnncc23)CC1. The Kier molecular flexibility index (Phi) is 1.42. The van der Waals surface area contributed by atoms with E-state index in [2.05, 4.69) is 10.2 Å². The van der Waals surface area contributed by atoms with Gasteiger partial charge in [-0.1, -0.05) is 18.2 Å². The van der Waals surface area contributed by atoms with Gasteiger partial charge >= 0.3 is 0 Å². The fraction of sp³-hybridized carbons (Fsp3) is 0.273. The molecule has 0 bridgehead atoms. The summed E-state index contributed by atoms with van der Waals surface area (Å²) in [6, 6.07) is 5.91. The van der Waals surface area contributed by atoms with Crippen LogP contribution in [0.3, 0.4) is 0 Å². The Morgan fingerprint density at radius 1 is 1.14 bits per heavy atom. The van der Waals surface area contributed by atoms with E-state index in [4.69, 9.17) is 0 Å². The quantitative estimate of drug-likeness (QED) is 0.736. The van der Waals surface area contributed by atoms with Crippen LogP contribution in [0.1, 0.15) is 18.4 Å². The van der Waals surface area contributed by atoms with Gasteiger partial charge in [0.1, 0.15) is 0 Å². The lowest BCUT2D eigenvalue weighted by atomic mass is 10.0. The van der Waals surface area contributed by atoms with Gasteiger partial charge in [0, 0.05) is 10.8 Å². The maximum absolute atomic E-state index is 10.0. The molecule has 1 fully saturated rings. The molecule has 1 aliphatic carbocycles. The predicted octanol–water partition coefficient (Wildman–Crippen LogP) is 1.61. The minimum Gasteiger partial charge on any atom is -0.385 e. The van der Waals surface area contributed by atoms with Gasteiger partial charge in [-0.2, -0.15) is 10.2 Å². The van der Waals surface area contributed by atoms with Crippen molar-refractivity contribution in [3.05, 3.63) is 36.2 Å². The third-order valence-electron chi connectivity index (χ3n) is 2.82. The highest BCUT2D eigenvalue weighted by Crippen LogP contribution is 2.47. The van der Waals surface area contributed by atoms with Crippen molar-refractivity contribution in [3.8, 4) is 0 Å². The molecule has 3 heteroatoms. The van der Waals surface area contributed by atoms with Crippen LogP contribution >= 0.6 is 0 Å². The molecule has 0 saturated heterocycles. The molecule has 3 nitrogen and oxygen atoms in total. The van der Waals surface area contributed by atoms with Gasteiger partial charge in [0.15, 0.2) is 0 Å². The monoisotopic (exact) mass is 186 g/mol. The molecule has 0 spiro atoms. The van der Waals surface area contributed by atoms with Gasteiger partial charge in [0.25, 0.3) is 0 Å². The van der Waals surface area contributed by atoms with E-state index in [0.717, 1.165) is 29.2 Å². The van der Waals surface area contributed by atoms with Gasteiger partial charge in [-0.25, -0.2) is 0 Å². The van der Waals surface area contributed by atoms with Gasteiger partial charge in [-0.15, -0.1) is 0 Å². The van der Waals surface area contributed by atoms with Crippen LogP contribution in [-0.4, -0.2) is 15.3 Å². The second-order valence-corrected chi connectivity index (χ2v) is 3.83. The van der Waals surface area contributed by atoms with Crippen molar-refractivity contribution >= 4 is 10.8 Å². The number of rotatable bonds is 1. The topological polar surface area (TPSA) is 46.0 Å². The Balaban J connectivity index is 2.33. The lowest BCUT2D eigenvalue weighted by Crippen LogP contribution is -2.04. The van der Waals surface area contributed by atoms with Gasteiger partial charge < -0.3 is 5.11 Å². The van der Waals surface area contributed by atoms with Crippen molar-refractivity contribution in [1.29, 1.82) is 0 Å². The largest absolute Gasteiger partial charge is 0.385 e. The van der Waals surface area contributed by atoms with Gasteiger partial charge in [0.05, 0.1) is 18.0 Å². The minimum atomic E-state index is -0.595. The van der Waals surface area contributed by atoms with Gasteiger partial charge in [0.2, 0.25) is 0 Å². The summed E-state index contributed by atoms with van der Waals surface area (Å²) in [6.45, 7) is 0. The normalized spacial score (nSPS) is 18.4. The first-order chi connectivity index (χ1) is 6.80.